The number of hydrogen-bond acceptors (Lipinski definition) is 6. The largest absolute Gasteiger partial charge is 0.462 e. The highest BCUT2D eigenvalue weighted by molar-refractivity contribution is 5.71. The summed E-state index contributed by atoms with van der Waals surface area (Å²) < 4.78 is 16.8. The van der Waals surface area contributed by atoms with Crippen molar-refractivity contribution in [2.24, 2.45) is 0 Å². The predicted molar refractivity (Wildman–Crippen MR) is 284 cm³/mol. The lowest BCUT2D eigenvalue weighted by molar-refractivity contribution is -0.167. The second-order valence-electron chi connectivity index (χ2n) is 18.1. The Kier molecular flexibility index (Phi) is 51.4. The van der Waals surface area contributed by atoms with Gasteiger partial charge in [-0.05, 0) is 116 Å². The molecule has 0 aliphatic carbocycles. The molecule has 0 aliphatic heterocycles. The highest BCUT2D eigenvalue weighted by Crippen LogP contribution is 2.14. The number of rotatable bonds is 49. The Morgan fingerprint density at radius 1 is 0.318 bits per heavy atom. The lowest BCUT2D eigenvalue weighted by atomic mass is 10.1. The molecule has 6 heteroatoms. The zero-order valence-corrected chi connectivity index (χ0v) is 43.2. The van der Waals surface area contributed by atoms with Crippen molar-refractivity contribution in [1.29, 1.82) is 0 Å². The normalized spacial score (nSPS) is 12.7. The van der Waals surface area contributed by atoms with Crippen molar-refractivity contribution in [3.8, 4) is 0 Å². The Bertz CT molecular complexity index is 1290. The van der Waals surface area contributed by atoms with Crippen LogP contribution in [0.15, 0.2) is 85.1 Å². The monoisotopic (exact) mass is 919 g/mol. The van der Waals surface area contributed by atoms with Gasteiger partial charge in [0.05, 0.1) is 0 Å². The predicted octanol–water partition coefficient (Wildman–Crippen LogP) is 18.4. The Labute approximate surface area is 407 Å². The van der Waals surface area contributed by atoms with Crippen LogP contribution in [0.4, 0.5) is 0 Å². The summed E-state index contributed by atoms with van der Waals surface area (Å²) in [7, 11) is 0. The van der Waals surface area contributed by atoms with Gasteiger partial charge in [0, 0.05) is 19.3 Å². The van der Waals surface area contributed by atoms with Crippen LogP contribution in [0.5, 0.6) is 0 Å². The van der Waals surface area contributed by atoms with Gasteiger partial charge in [0.15, 0.2) is 6.10 Å². The van der Waals surface area contributed by atoms with Crippen LogP contribution in [-0.4, -0.2) is 37.2 Å². The van der Waals surface area contributed by atoms with E-state index in [0.29, 0.717) is 19.3 Å². The molecule has 0 radical (unpaired) electrons. The summed E-state index contributed by atoms with van der Waals surface area (Å²) in [4.78, 5) is 38.1. The average molecular weight is 919 g/mol. The molecule has 1 atom stereocenters. The van der Waals surface area contributed by atoms with Gasteiger partial charge in [0.2, 0.25) is 0 Å². The van der Waals surface area contributed by atoms with Crippen molar-refractivity contribution in [2.75, 3.05) is 13.2 Å². The number of esters is 3. The van der Waals surface area contributed by atoms with Crippen molar-refractivity contribution in [3.63, 3.8) is 0 Å². The first-order valence-electron chi connectivity index (χ1n) is 27.6. The van der Waals surface area contributed by atoms with E-state index >= 15 is 0 Å². The molecule has 0 fully saturated rings. The Morgan fingerprint density at radius 3 is 0.955 bits per heavy atom. The summed E-state index contributed by atoms with van der Waals surface area (Å²) in [6, 6.07) is 0. The number of unbranched alkanes of at least 4 members (excludes halogenated alkanes) is 24. The maximum atomic E-state index is 12.8. The van der Waals surface area contributed by atoms with Gasteiger partial charge in [0.25, 0.3) is 0 Å². The molecule has 0 saturated heterocycles. The van der Waals surface area contributed by atoms with Crippen LogP contribution in [0.1, 0.15) is 258 Å². The van der Waals surface area contributed by atoms with E-state index in [2.05, 4.69) is 106 Å². The molecule has 0 rings (SSSR count). The van der Waals surface area contributed by atoms with E-state index in [-0.39, 0.29) is 31.1 Å². The van der Waals surface area contributed by atoms with Crippen LogP contribution in [0.25, 0.3) is 0 Å². The van der Waals surface area contributed by atoms with Crippen molar-refractivity contribution >= 4 is 17.9 Å². The molecule has 0 amide bonds. The number of ether oxygens (including phenoxy) is 3. The van der Waals surface area contributed by atoms with E-state index in [4.69, 9.17) is 14.2 Å². The van der Waals surface area contributed by atoms with E-state index in [1.165, 1.54) is 83.5 Å². The minimum absolute atomic E-state index is 0.0924. The van der Waals surface area contributed by atoms with Gasteiger partial charge in [-0.3, -0.25) is 14.4 Å². The third-order valence-corrected chi connectivity index (χ3v) is 11.6. The molecule has 0 aromatic heterocycles. The third-order valence-electron chi connectivity index (χ3n) is 11.6. The second-order valence-corrected chi connectivity index (χ2v) is 18.1. The smallest absolute Gasteiger partial charge is 0.306 e. The first kappa shape index (κ1) is 62.6. The fourth-order valence-corrected chi connectivity index (χ4v) is 7.46. The molecule has 378 valence electrons. The number of carbonyl (C=O) groups is 3. The maximum absolute atomic E-state index is 12.8. The van der Waals surface area contributed by atoms with E-state index < -0.39 is 6.10 Å². The lowest BCUT2D eigenvalue weighted by Gasteiger charge is -2.18. The third kappa shape index (κ3) is 51.6. The molecule has 0 aromatic rings. The summed E-state index contributed by atoms with van der Waals surface area (Å²) in [5.41, 5.74) is 0. The zero-order chi connectivity index (χ0) is 47.9. The second kappa shape index (κ2) is 54.2. The van der Waals surface area contributed by atoms with Gasteiger partial charge in [-0.2, -0.15) is 0 Å². The van der Waals surface area contributed by atoms with E-state index in [1.54, 1.807) is 0 Å². The molecule has 66 heavy (non-hydrogen) atoms. The molecular weight excluding hydrogens is 817 g/mol. The molecule has 1 unspecified atom stereocenters. The first-order valence-corrected chi connectivity index (χ1v) is 27.6. The highest BCUT2D eigenvalue weighted by atomic mass is 16.6. The summed E-state index contributed by atoms with van der Waals surface area (Å²) >= 11 is 0. The molecule has 0 aliphatic rings. The Balaban J connectivity index is 4.45. The van der Waals surface area contributed by atoms with Crippen molar-refractivity contribution in [3.05, 3.63) is 85.1 Å². The number of carbonyl (C=O) groups excluding carboxylic acids is 3. The first-order chi connectivity index (χ1) is 32.5. The van der Waals surface area contributed by atoms with Crippen molar-refractivity contribution in [2.45, 2.75) is 264 Å². The standard InChI is InChI=1S/C60H102O6/c1-4-7-10-13-16-19-22-25-28-30-33-35-38-41-44-47-50-53-59(62)65-56-57(55-64-58(61)52-49-46-43-40-37-34-31-27-24-21-18-15-12-9-6-3)66-60(63)54-51-48-45-42-39-36-32-29-26-23-20-17-14-11-8-5-2/h7,10,16,18-21,23,25,27-29,31-32,57H,4-6,8-9,11-15,17,22,24,26,30,33-56H2,1-3H3/b10-7-,19-16-,21-18-,23-20-,28-25-,31-27-,32-29-. The van der Waals surface area contributed by atoms with Gasteiger partial charge in [-0.15, -0.1) is 0 Å². The van der Waals surface area contributed by atoms with Gasteiger partial charge < -0.3 is 14.2 Å². The van der Waals surface area contributed by atoms with Crippen LogP contribution >= 0.6 is 0 Å². The minimum atomic E-state index is -0.794. The Hall–Kier alpha value is -3.41. The number of hydrogen-bond donors (Lipinski definition) is 0. The SMILES string of the molecule is CC/C=C\C/C=C\C/C=C\CCCCCCCCCC(=O)OCC(COC(=O)CCCCCCC/C=C\C/C=C\CCCCC)OC(=O)CCCCCCC/C=C\C/C=C\CCCCCC. The van der Waals surface area contributed by atoms with Crippen molar-refractivity contribution < 1.29 is 28.6 Å². The summed E-state index contributed by atoms with van der Waals surface area (Å²) in [6.45, 7) is 6.46. The highest BCUT2D eigenvalue weighted by Gasteiger charge is 2.19. The zero-order valence-electron chi connectivity index (χ0n) is 43.2. The summed E-state index contributed by atoms with van der Waals surface area (Å²) in [6.07, 6.45) is 69.9. The quantitative estimate of drug-likeness (QED) is 0.0262. The summed E-state index contributed by atoms with van der Waals surface area (Å²) in [5.74, 6) is -0.926. The average Bonchev–Trinajstić information content (AvgIpc) is 3.31. The fourth-order valence-electron chi connectivity index (χ4n) is 7.46. The van der Waals surface area contributed by atoms with Gasteiger partial charge in [-0.25, -0.2) is 0 Å². The van der Waals surface area contributed by atoms with Gasteiger partial charge in [0.1, 0.15) is 13.2 Å². The van der Waals surface area contributed by atoms with E-state index in [1.807, 2.05) is 0 Å². The summed E-state index contributed by atoms with van der Waals surface area (Å²) in [5, 5.41) is 0. The van der Waals surface area contributed by atoms with E-state index in [0.717, 1.165) is 135 Å². The molecule has 0 heterocycles. The number of allylic oxidation sites excluding steroid dienone is 14. The molecular formula is C60H102O6. The van der Waals surface area contributed by atoms with Crippen LogP contribution in [0.3, 0.4) is 0 Å². The van der Waals surface area contributed by atoms with Crippen LogP contribution in [0.2, 0.25) is 0 Å². The van der Waals surface area contributed by atoms with E-state index in [9.17, 15) is 14.4 Å². The van der Waals surface area contributed by atoms with Gasteiger partial charge >= 0.3 is 17.9 Å². The van der Waals surface area contributed by atoms with Gasteiger partial charge in [-0.1, -0.05) is 209 Å². The molecule has 6 nitrogen and oxygen atoms in total. The van der Waals surface area contributed by atoms with Crippen LogP contribution in [0, 0.1) is 0 Å². The maximum Gasteiger partial charge on any atom is 0.306 e. The molecule has 0 N–H and O–H groups in total. The molecule has 0 aromatic carbocycles. The topological polar surface area (TPSA) is 78.9 Å². The van der Waals surface area contributed by atoms with Crippen LogP contribution < -0.4 is 0 Å². The van der Waals surface area contributed by atoms with Crippen molar-refractivity contribution in [1.82, 2.24) is 0 Å². The Morgan fingerprint density at radius 2 is 0.591 bits per heavy atom. The minimum Gasteiger partial charge on any atom is -0.462 e. The molecule has 0 saturated carbocycles. The van der Waals surface area contributed by atoms with Crippen LogP contribution in [-0.2, 0) is 28.6 Å². The lowest BCUT2D eigenvalue weighted by Crippen LogP contribution is -2.30. The molecule has 0 spiro atoms. The fraction of sp³-hybridized carbons (Fsp3) is 0.717. The molecule has 0 bridgehead atoms.